The van der Waals surface area contributed by atoms with Crippen LogP contribution in [-0.2, 0) is 0 Å². The molecule has 1 aromatic carbocycles. The Labute approximate surface area is 145 Å². The molecule has 1 nitrogen and oxygen atoms in total. The lowest BCUT2D eigenvalue weighted by Gasteiger charge is -2.11. The van der Waals surface area contributed by atoms with Gasteiger partial charge in [-0.2, -0.15) is 0 Å². The minimum Gasteiger partial charge on any atom is -0.388 e. The Morgan fingerprint density at radius 3 is 1.73 bits per heavy atom. The summed E-state index contributed by atoms with van der Waals surface area (Å²) in [5, 5.41) is 10.1. The van der Waals surface area contributed by atoms with Crippen molar-refractivity contribution in [3.8, 4) is 0 Å². The second-order valence-corrected chi connectivity index (χ2v) is 7.31. The molecule has 0 saturated carbocycles. The molecule has 0 bridgehead atoms. The molecule has 0 aliphatic rings. The topological polar surface area (TPSA) is 20.2 Å². The van der Waals surface area contributed by atoms with Crippen LogP contribution in [0.1, 0.15) is 95.6 Å². The summed E-state index contributed by atoms with van der Waals surface area (Å²) in [5.74, 6) is 0. The van der Waals surface area contributed by atoms with Gasteiger partial charge < -0.3 is 5.11 Å². The average molecular weight is 369 g/mol. The Kier molecular flexibility index (Phi) is 11.8. The van der Waals surface area contributed by atoms with Crippen LogP contribution in [0.25, 0.3) is 0 Å². The van der Waals surface area contributed by atoms with Crippen molar-refractivity contribution in [2.75, 3.05) is 0 Å². The van der Waals surface area contributed by atoms with Crippen molar-refractivity contribution in [3.05, 3.63) is 34.3 Å². The molecule has 0 aliphatic carbocycles. The van der Waals surface area contributed by atoms with Gasteiger partial charge in [0.25, 0.3) is 0 Å². The van der Waals surface area contributed by atoms with Gasteiger partial charge in [0.1, 0.15) is 0 Å². The van der Waals surface area contributed by atoms with Crippen LogP contribution in [-0.4, -0.2) is 5.11 Å². The van der Waals surface area contributed by atoms with Crippen LogP contribution in [0.2, 0.25) is 0 Å². The van der Waals surface area contributed by atoms with E-state index in [2.05, 4.69) is 22.9 Å². The number of rotatable bonds is 13. The molecule has 1 aromatic rings. The van der Waals surface area contributed by atoms with E-state index in [4.69, 9.17) is 0 Å². The van der Waals surface area contributed by atoms with E-state index >= 15 is 0 Å². The van der Waals surface area contributed by atoms with Crippen LogP contribution < -0.4 is 0 Å². The van der Waals surface area contributed by atoms with E-state index in [1.54, 1.807) is 0 Å². The van der Waals surface area contributed by atoms with Crippen molar-refractivity contribution in [1.29, 1.82) is 0 Å². The first-order valence-corrected chi connectivity index (χ1v) is 9.97. The summed E-state index contributed by atoms with van der Waals surface area (Å²) >= 11 is 3.42. The Balaban J connectivity index is 1.92. The largest absolute Gasteiger partial charge is 0.388 e. The lowest BCUT2D eigenvalue weighted by molar-refractivity contribution is 0.163. The maximum atomic E-state index is 10.1. The Hall–Kier alpha value is -0.340. The van der Waals surface area contributed by atoms with E-state index in [0.717, 1.165) is 22.9 Å². The minimum absolute atomic E-state index is 0.299. The zero-order valence-electron chi connectivity index (χ0n) is 14.2. The Morgan fingerprint density at radius 2 is 1.23 bits per heavy atom. The molecule has 0 aromatic heterocycles. The molecule has 2 heteroatoms. The molecular weight excluding hydrogens is 336 g/mol. The van der Waals surface area contributed by atoms with Crippen molar-refractivity contribution in [2.24, 2.45) is 0 Å². The molecule has 0 saturated heterocycles. The highest BCUT2D eigenvalue weighted by molar-refractivity contribution is 9.10. The second-order valence-electron chi connectivity index (χ2n) is 6.39. The number of aliphatic hydroxyl groups is 1. The van der Waals surface area contributed by atoms with E-state index in [1.165, 1.54) is 64.2 Å². The molecule has 0 amide bonds. The highest BCUT2D eigenvalue weighted by atomic mass is 79.9. The zero-order chi connectivity index (χ0) is 16.0. The molecular formula is C20H33BrO. The van der Waals surface area contributed by atoms with Gasteiger partial charge in [-0.15, -0.1) is 0 Å². The normalized spacial score (nSPS) is 12.5. The van der Waals surface area contributed by atoms with Crippen molar-refractivity contribution < 1.29 is 5.11 Å². The van der Waals surface area contributed by atoms with Crippen LogP contribution >= 0.6 is 15.9 Å². The smallest absolute Gasteiger partial charge is 0.0790 e. The van der Waals surface area contributed by atoms with Gasteiger partial charge in [0.2, 0.25) is 0 Å². The maximum absolute atomic E-state index is 10.1. The monoisotopic (exact) mass is 368 g/mol. The van der Waals surface area contributed by atoms with Crippen molar-refractivity contribution in [3.63, 3.8) is 0 Å². The van der Waals surface area contributed by atoms with Crippen molar-refractivity contribution in [1.82, 2.24) is 0 Å². The van der Waals surface area contributed by atoms with Crippen LogP contribution in [0.15, 0.2) is 28.7 Å². The van der Waals surface area contributed by atoms with E-state index in [0.29, 0.717) is 0 Å². The number of hydrogen-bond donors (Lipinski definition) is 1. The number of benzene rings is 1. The lowest BCUT2D eigenvalue weighted by Crippen LogP contribution is -1.97. The predicted molar refractivity (Wildman–Crippen MR) is 100 cm³/mol. The van der Waals surface area contributed by atoms with Crippen LogP contribution in [0.3, 0.4) is 0 Å². The first-order chi connectivity index (χ1) is 10.7. The van der Waals surface area contributed by atoms with Gasteiger partial charge >= 0.3 is 0 Å². The van der Waals surface area contributed by atoms with Gasteiger partial charge in [0.05, 0.1) is 6.10 Å². The molecule has 1 N–H and O–H groups in total. The van der Waals surface area contributed by atoms with E-state index in [9.17, 15) is 5.11 Å². The number of aliphatic hydroxyl groups excluding tert-OH is 1. The summed E-state index contributed by atoms with van der Waals surface area (Å²) in [6.45, 7) is 2.27. The summed E-state index contributed by atoms with van der Waals surface area (Å²) in [5.41, 5.74) is 1.04. The Morgan fingerprint density at radius 1 is 0.773 bits per heavy atom. The van der Waals surface area contributed by atoms with E-state index < -0.39 is 0 Å². The zero-order valence-corrected chi connectivity index (χ0v) is 15.8. The number of unbranched alkanes of at least 4 members (excludes halogenated alkanes) is 10. The fraction of sp³-hybridized carbons (Fsp3) is 0.700. The molecule has 126 valence electrons. The standard InChI is InChI=1S/C20H33BrO/c1-2-3-4-5-6-7-8-9-10-11-12-13-20(22)18-14-16-19(21)17-15-18/h14-17,20,22H,2-13H2,1H3/t20-/m1/s1. The van der Waals surface area contributed by atoms with Gasteiger partial charge in [-0.05, 0) is 24.1 Å². The molecule has 0 unspecified atom stereocenters. The van der Waals surface area contributed by atoms with Gasteiger partial charge in [0, 0.05) is 4.47 Å². The third kappa shape index (κ3) is 9.63. The first-order valence-electron chi connectivity index (χ1n) is 9.17. The van der Waals surface area contributed by atoms with E-state index in [1.807, 2.05) is 24.3 Å². The highest BCUT2D eigenvalue weighted by Gasteiger charge is 2.06. The third-order valence-corrected chi connectivity index (χ3v) is 4.86. The predicted octanol–water partition coefficient (Wildman–Crippen LogP) is 7.18. The summed E-state index contributed by atoms with van der Waals surface area (Å²) in [4.78, 5) is 0. The van der Waals surface area contributed by atoms with Crippen molar-refractivity contribution >= 4 is 15.9 Å². The van der Waals surface area contributed by atoms with Crippen LogP contribution in [0.5, 0.6) is 0 Å². The van der Waals surface area contributed by atoms with Crippen LogP contribution in [0, 0.1) is 0 Å². The van der Waals surface area contributed by atoms with Crippen LogP contribution in [0.4, 0.5) is 0 Å². The lowest BCUT2D eigenvalue weighted by atomic mass is 10.0. The molecule has 0 aliphatic heterocycles. The highest BCUT2D eigenvalue weighted by Crippen LogP contribution is 2.22. The minimum atomic E-state index is -0.299. The second kappa shape index (κ2) is 13.1. The summed E-state index contributed by atoms with van der Waals surface area (Å²) < 4.78 is 1.07. The average Bonchev–Trinajstić information content (AvgIpc) is 2.53. The molecule has 0 fully saturated rings. The Bertz CT molecular complexity index is 360. The van der Waals surface area contributed by atoms with Gasteiger partial charge in [-0.3, -0.25) is 0 Å². The molecule has 22 heavy (non-hydrogen) atoms. The molecule has 0 heterocycles. The third-order valence-electron chi connectivity index (χ3n) is 4.34. The number of halogens is 1. The fourth-order valence-corrected chi connectivity index (χ4v) is 3.12. The maximum Gasteiger partial charge on any atom is 0.0790 e. The number of hydrogen-bond acceptors (Lipinski definition) is 1. The molecule has 1 rings (SSSR count). The molecule has 1 atom stereocenters. The quantitative estimate of drug-likeness (QED) is 0.365. The van der Waals surface area contributed by atoms with Gasteiger partial charge in [0.15, 0.2) is 0 Å². The summed E-state index contributed by atoms with van der Waals surface area (Å²) in [6.07, 6.45) is 15.5. The summed E-state index contributed by atoms with van der Waals surface area (Å²) in [6, 6.07) is 8.01. The van der Waals surface area contributed by atoms with Crippen molar-refractivity contribution in [2.45, 2.75) is 90.1 Å². The first kappa shape index (κ1) is 19.7. The molecule has 0 radical (unpaired) electrons. The SMILES string of the molecule is CCCCCCCCCCCCC[C@@H](O)c1ccc(Br)cc1. The van der Waals surface area contributed by atoms with Gasteiger partial charge in [-0.1, -0.05) is 106 Å². The fourth-order valence-electron chi connectivity index (χ4n) is 2.85. The van der Waals surface area contributed by atoms with E-state index in [-0.39, 0.29) is 6.10 Å². The summed E-state index contributed by atoms with van der Waals surface area (Å²) in [7, 11) is 0. The molecule has 0 spiro atoms. The van der Waals surface area contributed by atoms with Gasteiger partial charge in [-0.25, -0.2) is 0 Å².